The lowest BCUT2D eigenvalue weighted by atomic mass is 10.2. The maximum atomic E-state index is 14.6. The van der Waals surface area contributed by atoms with Crippen molar-refractivity contribution in [2.24, 2.45) is 0 Å². The van der Waals surface area contributed by atoms with E-state index in [2.05, 4.69) is 15.2 Å². The van der Waals surface area contributed by atoms with Crippen molar-refractivity contribution in [1.82, 2.24) is 19.6 Å². The van der Waals surface area contributed by atoms with Gasteiger partial charge >= 0.3 is 0 Å². The summed E-state index contributed by atoms with van der Waals surface area (Å²) in [5.41, 5.74) is 2.25. The minimum Gasteiger partial charge on any atom is -0.491 e. The number of halogens is 2. The zero-order valence-electron chi connectivity index (χ0n) is 14.5. The van der Waals surface area contributed by atoms with Crippen LogP contribution in [0.2, 0.25) is 0 Å². The molecule has 0 saturated carbocycles. The van der Waals surface area contributed by atoms with Crippen LogP contribution in [0, 0.1) is 18.6 Å². The molecule has 0 atom stereocenters. The van der Waals surface area contributed by atoms with Gasteiger partial charge in [0.2, 0.25) is 0 Å². The van der Waals surface area contributed by atoms with E-state index in [1.807, 2.05) is 13.8 Å². The molecule has 2 aromatic heterocycles. The Hall–Kier alpha value is -3.09. The van der Waals surface area contributed by atoms with Crippen molar-refractivity contribution in [2.75, 3.05) is 0 Å². The molecule has 0 aliphatic rings. The Balaban J connectivity index is 2.04. The smallest absolute Gasteiger partial charge is 0.183 e. The highest BCUT2D eigenvalue weighted by atomic mass is 19.1. The van der Waals surface area contributed by atoms with Gasteiger partial charge < -0.3 is 4.74 Å². The van der Waals surface area contributed by atoms with Gasteiger partial charge in [-0.25, -0.2) is 13.8 Å². The number of hydrogen-bond acceptors (Lipinski definition) is 4. The molecule has 2 heterocycles. The molecule has 5 nitrogen and oxygen atoms in total. The number of imidazole rings is 1. The first-order valence-corrected chi connectivity index (χ1v) is 8.21. The summed E-state index contributed by atoms with van der Waals surface area (Å²) < 4.78 is 35.7. The second-order valence-electron chi connectivity index (χ2n) is 6.32. The summed E-state index contributed by atoms with van der Waals surface area (Å²) >= 11 is 0. The second kappa shape index (κ2) is 6.01. The van der Waals surface area contributed by atoms with Crippen LogP contribution < -0.4 is 4.74 Å². The van der Waals surface area contributed by atoms with Crippen LogP contribution in [0.15, 0.2) is 36.4 Å². The van der Waals surface area contributed by atoms with Gasteiger partial charge in [0.25, 0.3) is 0 Å². The fourth-order valence-corrected chi connectivity index (χ4v) is 2.93. The van der Waals surface area contributed by atoms with E-state index in [4.69, 9.17) is 4.74 Å². The molecule has 0 fully saturated rings. The van der Waals surface area contributed by atoms with Crippen LogP contribution in [0.1, 0.15) is 19.5 Å². The molecule has 0 bridgehead atoms. The highest BCUT2D eigenvalue weighted by Gasteiger charge is 2.19. The highest BCUT2D eigenvalue weighted by molar-refractivity contribution is 5.80. The van der Waals surface area contributed by atoms with Crippen molar-refractivity contribution in [2.45, 2.75) is 26.9 Å². The van der Waals surface area contributed by atoms with Gasteiger partial charge in [0, 0.05) is 6.07 Å². The van der Waals surface area contributed by atoms with Crippen LogP contribution in [0.3, 0.4) is 0 Å². The molecule has 0 saturated heterocycles. The van der Waals surface area contributed by atoms with Crippen LogP contribution in [-0.2, 0) is 0 Å². The first-order chi connectivity index (χ1) is 12.4. The van der Waals surface area contributed by atoms with Crippen LogP contribution in [0.5, 0.6) is 5.75 Å². The fraction of sp³-hybridized carbons (Fsp3) is 0.211. The number of ether oxygens (including phenoxy) is 1. The van der Waals surface area contributed by atoms with Gasteiger partial charge in [0.15, 0.2) is 5.65 Å². The minimum absolute atomic E-state index is 0.0483. The molecule has 0 aliphatic heterocycles. The summed E-state index contributed by atoms with van der Waals surface area (Å²) in [4.78, 5) is 4.46. The number of aromatic nitrogens is 4. The van der Waals surface area contributed by atoms with E-state index >= 15 is 0 Å². The average Bonchev–Trinajstić information content (AvgIpc) is 2.93. The van der Waals surface area contributed by atoms with Crippen molar-refractivity contribution < 1.29 is 13.5 Å². The number of fused-ring (bicyclic) bond motifs is 3. The van der Waals surface area contributed by atoms with E-state index < -0.39 is 11.6 Å². The van der Waals surface area contributed by atoms with Gasteiger partial charge in [-0.3, -0.25) is 4.40 Å². The predicted molar refractivity (Wildman–Crippen MR) is 94.1 cm³/mol. The first-order valence-electron chi connectivity index (χ1n) is 8.21. The lowest BCUT2D eigenvalue weighted by Crippen LogP contribution is -2.06. The number of aryl methyl sites for hydroxylation is 1. The predicted octanol–water partition coefficient (Wildman–Crippen LogP) is 4.32. The van der Waals surface area contributed by atoms with E-state index in [0.717, 1.165) is 0 Å². The lowest BCUT2D eigenvalue weighted by molar-refractivity contribution is 0.242. The van der Waals surface area contributed by atoms with Crippen LogP contribution in [0.4, 0.5) is 8.78 Å². The van der Waals surface area contributed by atoms with E-state index in [-0.39, 0.29) is 11.7 Å². The monoisotopic (exact) mass is 354 g/mol. The maximum Gasteiger partial charge on any atom is 0.183 e. The Labute approximate surface area is 148 Å². The summed E-state index contributed by atoms with van der Waals surface area (Å²) in [6, 6.07) is 8.68. The fourth-order valence-electron chi connectivity index (χ4n) is 2.93. The van der Waals surface area contributed by atoms with E-state index in [1.54, 1.807) is 23.5 Å². The van der Waals surface area contributed by atoms with Gasteiger partial charge in [0.1, 0.15) is 28.7 Å². The molecule has 0 spiro atoms. The summed E-state index contributed by atoms with van der Waals surface area (Å²) in [5.74, 6) is -0.00570. The zero-order chi connectivity index (χ0) is 18.4. The molecule has 4 aromatic rings. The molecule has 0 radical (unpaired) electrons. The largest absolute Gasteiger partial charge is 0.491 e. The van der Waals surface area contributed by atoms with Crippen LogP contribution in [0.25, 0.3) is 28.1 Å². The average molecular weight is 354 g/mol. The maximum absolute atomic E-state index is 14.6. The summed E-state index contributed by atoms with van der Waals surface area (Å²) in [6.45, 7) is 5.54. The molecule has 7 heteroatoms. The Kier molecular flexibility index (Phi) is 3.79. The Morgan fingerprint density at radius 3 is 2.62 bits per heavy atom. The van der Waals surface area contributed by atoms with Crippen LogP contribution in [-0.4, -0.2) is 25.7 Å². The van der Waals surface area contributed by atoms with Crippen molar-refractivity contribution in [3.63, 3.8) is 0 Å². The highest BCUT2D eigenvalue weighted by Crippen LogP contribution is 2.30. The number of hydrogen-bond donors (Lipinski definition) is 0. The minimum atomic E-state index is -0.450. The van der Waals surface area contributed by atoms with Gasteiger partial charge in [0.05, 0.1) is 22.9 Å². The van der Waals surface area contributed by atoms with Crippen molar-refractivity contribution in [3.8, 4) is 17.1 Å². The quantitative estimate of drug-likeness (QED) is 0.550. The molecule has 0 unspecified atom stereocenters. The Morgan fingerprint density at radius 2 is 1.85 bits per heavy atom. The van der Waals surface area contributed by atoms with Gasteiger partial charge in [-0.05, 0) is 51.1 Å². The molecular formula is C19H16F2N4O. The SMILES string of the molecule is Cc1nc(-c2cc(OC(C)C)ccc2F)n2c1nnc1ccc(F)cc12. The van der Waals surface area contributed by atoms with Gasteiger partial charge in [-0.1, -0.05) is 0 Å². The Bertz CT molecular complexity index is 1140. The van der Waals surface area contributed by atoms with Gasteiger partial charge in [-0.15, -0.1) is 10.2 Å². The summed E-state index contributed by atoms with van der Waals surface area (Å²) in [6.07, 6.45) is -0.0483. The first kappa shape index (κ1) is 16.4. The van der Waals surface area contributed by atoms with E-state index in [9.17, 15) is 8.78 Å². The third kappa shape index (κ3) is 2.65. The molecule has 0 aliphatic carbocycles. The van der Waals surface area contributed by atoms with Crippen molar-refractivity contribution in [1.29, 1.82) is 0 Å². The summed E-state index contributed by atoms with van der Waals surface area (Å²) in [5, 5.41) is 8.26. The zero-order valence-corrected chi connectivity index (χ0v) is 14.5. The summed E-state index contributed by atoms with van der Waals surface area (Å²) in [7, 11) is 0. The topological polar surface area (TPSA) is 52.3 Å². The molecule has 0 N–H and O–H groups in total. The van der Waals surface area contributed by atoms with E-state index in [0.29, 0.717) is 33.9 Å². The molecule has 4 rings (SSSR count). The Morgan fingerprint density at radius 1 is 1.04 bits per heavy atom. The van der Waals surface area contributed by atoms with Gasteiger partial charge in [-0.2, -0.15) is 0 Å². The standard InChI is InChI=1S/C19H16F2N4O/c1-10(2)26-13-5-6-15(21)14(9-13)19-22-11(3)18-24-23-16-7-4-12(20)8-17(16)25(18)19/h4-10H,1-3H3. The normalized spacial score (nSPS) is 11.6. The number of nitrogens with zero attached hydrogens (tertiary/aromatic N) is 4. The van der Waals surface area contributed by atoms with Crippen molar-refractivity contribution in [3.05, 3.63) is 53.7 Å². The lowest BCUT2D eigenvalue weighted by Gasteiger charge is -2.12. The third-order valence-electron chi connectivity index (χ3n) is 4.00. The second-order valence-corrected chi connectivity index (χ2v) is 6.32. The van der Waals surface area contributed by atoms with Crippen molar-refractivity contribution >= 4 is 16.7 Å². The number of rotatable bonds is 3. The molecule has 2 aromatic carbocycles. The molecule has 132 valence electrons. The molecular weight excluding hydrogens is 338 g/mol. The number of benzene rings is 2. The molecule has 0 amide bonds. The third-order valence-corrected chi connectivity index (χ3v) is 4.00. The van der Waals surface area contributed by atoms with Crippen LogP contribution >= 0.6 is 0 Å². The molecule has 26 heavy (non-hydrogen) atoms. The van der Waals surface area contributed by atoms with E-state index in [1.165, 1.54) is 24.3 Å².